The molecule has 3 nitrogen and oxygen atoms in total. The molecular weight excluding hydrogens is 897 g/mol. The van der Waals surface area contributed by atoms with Crippen LogP contribution >= 0.6 is 0 Å². The van der Waals surface area contributed by atoms with Gasteiger partial charge < -0.3 is 13.9 Å². The molecule has 16 rings (SSSR count). The lowest BCUT2D eigenvalue weighted by atomic mass is 9.70. The quantitative estimate of drug-likeness (QED) is 0.166. The first-order chi connectivity index (χ1) is 36.7. The summed E-state index contributed by atoms with van der Waals surface area (Å²) in [6.45, 7) is 0. The lowest BCUT2D eigenvalue weighted by Crippen LogP contribution is -2.26. The Hall–Kier alpha value is -9.70. The Morgan fingerprint density at radius 2 is 0.851 bits per heavy atom. The van der Waals surface area contributed by atoms with E-state index < -0.39 is 5.41 Å². The fourth-order valence-corrected chi connectivity index (χ4v) is 13.1. The first-order valence-electron chi connectivity index (χ1n) is 25.6. The number of rotatable bonds is 6. The van der Waals surface area contributed by atoms with Crippen molar-refractivity contribution >= 4 is 71.6 Å². The van der Waals surface area contributed by atoms with Gasteiger partial charge in [-0.05, 0) is 128 Å². The van der Waals surface area contributed by atoms with Crippen molar-refractivity contribution in [1.29, 1.82) is 0 Å². The third-order valence-electron chi connectivity index (χ3n) is 16.2. The van der Waals surface area contributed by atoms with Crippen LogP contribution in [0, 0.1) is 0 Å². The van der Waals surface area contributed by atoms with Gasteiger partial charge in [-0.15, -0.1) is 0 Å². The second kappa shape index (κ2) is 15.6. The molecule has 0 aliphatic heterocycles. The second-order valence-electron chi connectivity index (χ2n) is 19.9. The minimum atomic E-state index is -0.466. The molecule has 3 heteroatoms. The van der Waals surface area contributed by atoms with Gasteiger partial charge in [-0.25, -0.2) is 0 Å². The number of para-hydroxylation sites is 3. The molecule has 2 heterocycles. The van der Waals surface area contributed by atoms with Crippen molar-refractivity contribution < 1.29 is 4.42 Å². The van der Waals surface area contributed by atoms with Crippen molar-refractivity contribution in [3.05, 3.63) is 289 Å². The molecule has 14 aromatic rings. The summed E-state index contributed by atoms with van der Waals surface area (Å²) in [6.07, 6.45) is 0. The fraction of sp³-hybridized carbons (Fsp3) is 0.0141. The predicted molar refractivity (Wildman–Crippen MR) is 307 cm³/mol. The molecule has 0 saturated heterocycles. The van der Waals surface area contributed by atoms with E-state index >= 15 is 0 Å². The van der Waals surface area contributed by atoms with Crippen molar-refractivity contribution in [3.8, 4) is 50.2 Å². The third-order valence-corrected chi connectivity index (χ3v) is 16.2. The number of anilines is 3. The van der Waals surface area contributed by atoms with Gasteiger partial charge >= 0.3 is 0 Å². The van der Waals surface area contributed by atoms with Crippen molar-refractivity contribution in [2.75, 3.05) is 4.90 Å². The standard InChI is InChI=1S/C71H44N2O/c1-2-18-52-46(16-1)36-43-58-57-42-37-48(44-68(57)74-70(52)58)45-32-38-49(39-33-45)72(50-40-34-47(35-41-50)51-17-6-12-28-64(51)73-65-29-13-7-21-55(65)56-22-8-14-30-66(56)73)67-31-15-27-63-69(67)59-23-5-11-26-62(59)71(63)60-24-9-3-19-53(60)54-20-4-10-25-61(54)71/h1-44H. The van der Waals surface area contributed by atoms with E-state index in [0.29, 0.717) is 0 Å². The smallest absolute Gasteiger partial charge is 0.143 e. The first-order valence-corrected chi connectivity index (χ1v) is 25.6. The SMILES string of the molecule is c1ccc(-n2c3ccccc3c3ccccc32)c(-c2ccc(N(c3ccc(-c4ccc5c(c4)oc4c6ccccc6ccc54)cc3)c3cccc4c3-c3ccccc3C43c4ccccc4-c4ccccc43)cc2)c1. The number of benzene rings is 12. The Morgan fingerprint density at radius 1 is 0.338 bits per heavy atom. The van der Waals surface area contributed by atoms with E-state index in [1.807, 2.05) is 0 Å². The number of hydrogen-bond donors (Lipinski definition) is 0. The van der Waals surface area contributed by atoms with Crippen LogP contribution < -0.4 is 4.90 Å². The van der Waals surface area contributed by atoms with Crippen LogP contribution in [0.1, 0.15) is 22.3 Å². The molecule has 2 aliphatic rings. The zero-order valence-electron chi connectivity index (χ0n) is 40.2. The summed E-state index contributed by atoms with van der Waals surface area (Å²) in [6, 6.07) is 98.3. The van der Waals surface area contributed by atoms with Gasteiger partial charge in [0.15, 0.2) is 0 Å². The molecule has 2 aliphatic carbocycles. The van der Waals surface area contributed by atoms with Crippen molar-refractivity contribution in [2.45, 2.75) is 5.41 Å². The van der Waals surface area contributed by atoms with Gasteiger partial charge in [-0.1, -0.05) is 200 Å². The monoisotopic (exact) mass is 940 g/mol. The lowest BCUT2D eigenvalue weighted by molar-refractivity contribution is 0.673. The van der Waals surface area contributed by atoms with Gasteiger partial charge in [0.25, 0.3) is 0 Å². The number of hydrogen-bond acceptors (Lipinski definition) is 2. The molecule has 0 fully saturated rings. The second-order valence-corrected chi connectivity index (χ2v) is 19.9. The van der Waals surface area contributed by atoms with Crippen molar-refractivity contribution in [3.63, 3.8) is 0 Å². The predicted octanol–water partition coefficient (Wildman–Crippen LogP) is 19.0. The van der Waals surface area contributed by atoms with Crippen LogP contribution in [0.3, 0.4) is 0 Å². The summed E-state index contributed by atoms with van der Waals surface area (Å²) in [5.41, 5.74) is 23.2. The summed E-state index contributed by atoms with van der Waals surface area (Å²) in [7, 11) is 0. The normalized spacial score (nSPS) is 13.0. The Bertz CT molecular complexity index is 4510. The zero-order valence-corrected chi connectivity index (χ0v) is 40.2. The van der Waals surface area contributed by atoms with Gasteiger partial charge in [0.1, 0.15) is 11.2 Å². The molecule has 0 bridgehead atoms. The molecule has 0 unspecified atom stereocenters. The van der Waals surface area contributed by atoms with Crippen LogP contribution in [0.4, 0.5) is 17.1 Å². The minimum Gasteiger partial charge on any atom is -0.455 e. The summed E-state index contributed by atoms with van der Waals surface area (Å²) in [4.78, 5) is 2.47. The average Bonchev–Trinajstić information content (AvgIpc) is 4.20. The van der Waals surface area contributed by atoms with Gasteiger partial charge in [0.05, 0.1) is 27.8 Å². The lowest BCUT2D eigenvalue weighted by Gasteiger charge is -2.32. The topological polar surface area (TPSA) is 21.3 Å². The van der Waals surface area contributed by atoms with Gasteiger partial charge in [-0.2, -0.15) is 0 Å². The van der Waals surface area contributed by atoms with Crippen molar-refractivity contribution in [1.82, 2.24) is 4.57 Å². The number of fused-ring (bicyclic) bond motifs is 18. The van der Waals surface area contributed by atoms with Crippen LogP contribution in [0.2, 0.25) is 0 Å². The summed E-state index contributed by atoms with van der Waals surface area (Å²) >= 11 is 0. The molecule has 0 radical (unpaired) electrons. The van der Waals surface area contributed by atoms with Crippen LogP contribution in [0.5, 0.6) is 0 Å². The number of nitrogens with zero attached hydrogens (tertiary/aromatic N) is 2. The molecule has 0 amide bonds. The summed E-state index contributed by atoms with van der Waals surface area (Å²) in [5, 5.41) is 7.08. The molecule has 12 aromatic carbocycles. The Morgan fingerprint density at radius 3 is 1.54 bits per heavy atom. The molecule has 1 spiro atoms. The maximum absolute atomic E-state index is 6.66. The van der Waals surface area contributed by atoms with E-state index in [4.69, 9.17) is 4.42 Å². The maximum atomic E-state index is 6.66. The number of aromatic nitrogens is 1. The highest BCUT2D eigenvalue weighted by Gasteiger charge is 2.52. The highest BCUT2D eigenvalue weighted by atomic mass is 16.3. The highest BCUT2D eigenvalue weighted by molar-refractivity contribution is 6.15. The zero-order chi connectivity index (χ0) is 48.5. The van der Waals surface area contributed by atoms with E-state index in [1.54, 1.807) is 0 Å². The molecular formula is C71H44N2O. The first kappa shape index (κ1) is 41.0. The van der Waals surface area contributed by atoms with Gasteiger partial charge in [0.2, 0.25) is 0 Å². The van der Waals surface area contributed by atoms with Crippen LogP contribution in [0.25, 0.3) is 105 Å². The van der Waals surface area contributed by atoms with E-state index in [1.165, 1.54) is 77.3 Å². The highest BCUT2D eigenvalue weighted by Crippen LogP contribution is 2.64. The minimum absolute atomic E-state index is 0.466. The molecule has 0 atom stereocenters. The summed E-state index contributed by atoms with van der Waals surface area (Å²) < 4.78 is 9.08. The Kier molecular flexibility index (Phi) is 8.66. The molecule has 2 aromatic heterocycles. The van der Waals surface area contributed by atoms with Gasteiger partial charge in [0, 0.05) is 49.4 Å². The van der Waals surface area contributed by atoms with E-state index in [0.717, 1.165) is 66.8 Å². The van der Waals surface area contributed by atoms with E-state index in [9.17, 15) is 0 Å². The molecule has 0 N–H and O–H groups in total. The molecule has 344 valence electrons. The largest absolute Gasteiger partial charge is 0.455 e. The Balaban J connectivity index is 0.872. The van der Waals surface area contributed by atoms with Crippen molar-refractivity contribution in [2.24, 2.45) is 0 Å². The Labute approximate surface area is 428 Å². The van der Waals surface area contributed by atoms with E-state index in [-0.39, 0.29) is 0 Å². The van der Waals surface area contributed by atoms with E-state index in [2.05, 4.69) is 276 Å². The number of furan rings is 1. The van der Waals surface area contributed by atoms with Crippen LogP contribution in [-0.4, -0.2) is 4.57 Å². The third kappa shape index (κ3) is 5.66. The fourth-order valence-electron chi connectivity index (χ4n) is 13.1. The molecule has 74 heavy (non-hydrogen) atoms. The summed E-state index contributed by atoms with van der Waals surface area (Å²) in [5.74, 6) is 0. The van der Waals surface area contributed by atoms with Gasteiger partial charge in [-0.3, -0.25) is 0 Å². The average molecular weight is 941 g/mol. The van der Waals surface area contributed by atoms with Crippen LogP contribution in [0.15, 0.2) is 271 Å². The maximum Gasteiger partial charge on any atom is 0.143 e. The van der Waals surface area contributed by atoms with Crippen LogP contribution in [-0.2, 0) is 5.41 Å². The molecule has 0 saturated carbocycles.